The van der Waals surface area contributed by atoms with E-state index < -0.39 is 0 Å². The molecular weight excluding hydrogens is 242 g/mol. The molecule has 0 aliphatic rings. The molecule has 2 aromatic rings. The molecule has 2 rings (SSSR count). The number of aromatic hydroxyl groups is 1. The van der Waals surface area contributed by atoms with Crippen molar-refractivity contribution in [1.82, 2.24) is 9.55 Å². The highest BCUT2D eigenvalue weighted by molar-refractivity contribution is 6.32. The Morgan fingerprint density at radius 2 is 2.29 bits per heavy atom. The van der Waals surface area contributed by atoms with E-state index >= 15 is 0 Å². The minimum atomic E-state index is -0.285. The first-order chi connectivity index (χ1) is 8.08. The number of phenolic OH excluding ortho intramolecular Hbond substituents is 1. The number of halogens is 1. The van der Waals surface area contributed by atoms with Gasteiger partial charge in [0.2, 0.25) is 0 Å². The fraction of sp³-hybridized carbons (Fsp3) is 0.0909. The first kappa shape index (κ1) is 11.5. The second kappa shape index (κ2) is 4.47. The molecule has 0 saturated heterocycles. The number of anilines is 1. The summed E-state index contributed by atoms with van der Waals surface area (Å²) in [6.45, 7) is 0. The third-order valence-electron chi connectivity index (χ3n) is 2.25. The van der Waals surface area contributed by atoms with Crippen molar-refractivity contribution < 1.29 is 9.90 Å². The number of nitrogens with zero attached hydrogens (tertiary/aromatic N) is 2. The molecular formula is C11H10ClN3O2. The van der Waals surface area contributed by atoms with Crippen molar-refractivity contribution in [3.8, 4) is 5.75 Å². The predicted molar refractivity (Wildman–Crippen MR) is 64.3 cm³/mol. The summed E-state index contributed by atoms with van der Waals surface area (Å²) >= 11 is 5.73. The summed E-state index contributed by atoms with van der Waals surface area (Å²) in [5, 5.41) is 12.1. The van der Waals surface area contributed by atoms with Gasteiger partial charge in [0.1, 0.15) is 11.4 Å². The number of benzene rings is 1. The van der Waals surface area contributed by atoms with E-state index in [4.69, 9.17) is 11.6 Å². The molecule has 5 nitrogen and oxygen atoms in total. The van der Waals surface area contributed by atoms with E-state index in [1.165, 1.54) is 18.3 Å². The number of nitrogens with one attached hydrogen (secondary N) is 1. The number of rotatable bonds is 2. The van der Waals surface area contributed by atoms with Crippen LogP contribution in [0.3, 0.4) is 0 Å². The molecule has 6 heteroatoms. The third-order valence-corrected chi connectivity index (χ3v) is 2.56. The molecule has 0 radical (unpaired) electrons. The number of amides is 1. The van der Waals surface area contributed by atoms with E-state index in [1.807, 2.05) is 0 Å². The Labute approximate surface area is 103 Å². The molecule has 0 bridgehead atoms. The second-order valence-corrected chi connectivity index (χ2v) is 3.92. The van der Waals surface area contributed by atoms with Crippen LogP contribution < -0.4 is 5.32 Å². The smallest absolute Gasteiger partial charge is 0.273 e. The van der Waals surface area contributed by atoms with E-state index in [2.05, 4.69) is 10.3 Å². The number of aryl methyl sites for hydroxylation is 1. The zero-order valence-electron chi connectivity index (χ0n) is 9.01. The zero-order valence-corrected chi connectivity index (χ0v) is 9.77. The maximum absolute atomic E-state index is 11.8. The molecule has 0 saturated carbocycles. The SMILES string of the molecule is Cn1cncc1C(=O)Nc1ccc(O)c(Cl)c1. The van der Waals surface area contributed by atoms with Crippen LogP contribution in [0.5, 0.6) is 5.75 Å². The van der Waals surface area contributed by atoms with Crippen LogP contribution in [0.2, 0.25) is 5.02 Å². The standard InChI is InChI=1S/C11H10ClN3O2/c1-15-6-13-5-9(15)11(17)14-7-2-3-10(16)8(12)4-7/h2-6,16H,1H3,(H,14,17). The lowest BCUT2D eigenvalue weighted by Gasteiger charge is -2.06. The molecule has 1 amide bonds. The topological polar surface area (TPSA) is 67.2 Å². The summed E-state index contributed by atoms with van der Waals surface area (Å²) in [4.78, 5) is 15.7. The van der Waals surface area contributed by atoms with Gasteiger partial charge in [-0.05, 0) is 18.2 Å². The lowest BCUT2D eigenvalue weighted by Crippen LogP contribution is -2.15. The normalized spacial score (nSPS) is 10.2. The van der Waals surface area contributed by atoms with Crippen LogP contribution in [0.15, 0.2) is 30.7 Å². The average Bonchev–Trinajstić information content (AvgIpc) is 2.70. The fourth-order valence-corrected chi connectivity index (χ4v) is 1.54. The number of hydrogen-bond acceptors (Lipinski definition) is 3. The Bertz CT molecular complexity index is 566. The quantitative estimate of drug-likeness (QED) is 0.803. The summed E-state index contributed by atoms with van der Waals surface area (Å²) in [5.41, 5.74) is 0.952. The van der Waals surface area contributed by atoms with E-state index in [-0.39, 0.29) is 16.7 Å². The van der Waals surface area contributed by atoms with Gasteiger partial charge in [-0.2, -0.15) is 0 Å². The highest BCUT2D eigenvalue weighted by atomic mass is 35.5. The maximum atomic E-state index is 11.8. The largest absolute Gasteiger partial charge is 0.506 e. The molecule has 0 aliphatic carbocycles. The Morgan fingerprint density at radius 1 is 1.53 bits per heavy atom. The predicted octanol–water partition coefficient (Wildman–Crippen LogP) is 2.03. The summed E-state index contributed by atoms with van der Waals surface area (Å²) in [6, 6.07) is 4.46. The molecule has 1 heterocycles. The van der Waals surface area contributed by atoms with E-state index in [9.17, 15) is 9.90 Å². The van der Waals surface area contributed by atoms with Crippen LogP contribution in [0.25, 0.3) is 0 Å². The summed E-state index contributed by atoms with van der Waals surface area (Å²) in [6.07, 6.45) is 3.01. The number of imidazole rings is 1. The van der Waals surface area contributed by atoms with Gasteiger partial charge in [-0.1, -0.05) is 11.6 Å². The number of hydrogen-bond donors (Lipinski definition) is 2. The monoisotopic (exact) mass is 251 g/mol. The minimum absolute atomic E-state index is 0.0230. The molecule has 0 aliphatic heterocycles. The number of carbonyl (C=O) groups is 1. The third kappa shape index (κ3) is 2.39. The van der Waals surface area contributed by atoms with E-state index in [0.717, 1.165) is 0 Å². The summed E-state index contributed by atoms with van der Waals surface area (Å²) in [7, 11) is 1.73. The first-order valence-corrected chi connectivity index (χ1v) is 5.22. The van der Waals surface area contributed by atoms with Crippen molar-refractivity contribution >= 4 is 23.2 Å². The summed E-state index contributed by atoms with van der Waals surface area (Å²) in [5.74, 6) is -0.308. The molecule has 17 heavy (non-hydrogen) atoms. The van der Waals surface area contributed by atoms with Gasteiger partial charge >= 0.3 is 0 Å². The lowest BCUT2D eigenvalue weighted by molar-refractivity contribution is 0.101. The average molecular weight is 252 g/mol. The van der Waals surface area contributed by atoms with Crippen molar-refractivity contribution in [3.05, 3.63) is 41.4 Å². The molecule has 88 valence electrons. The molecule has 0 unspecified atom stereocenters. The molecule has 1 aromatic carbocycles. The Kier molecular flexibility index (Phi) is 3.01. The van der Waals surface area contributed by atoms with E-state index in [0.29, 0.717) is 11.4 Å². The molecule has 0 spiro atoms. The number of phenols is 1. The minimum Gasteiger partial charge on any atom is -0.506 e. The Morgan fingerprint density at radius 3 is 2.88 bits per heavy atom. The number of aromatic nitrogens is 2. The maximum Gasteiger partial charge on any atom is 0.273 e. The Hall–Kier alpha value is -2.01. The van der Waals surface area contributed by atoms with Crippen molar-refractivity contribution in [2.45, 2.75) is 0 Å². The van der Waals surface area contributed by atoms with Crippen molar-refractivity contribution in [2.75, 3.05) is 5.32 Å². The number of carbonyl (C=O) groups excluding carboxylic acids is 1. The van der Waals surface area contributed by atoms with Crippen LogP contribution in [0, 0.1) is 0 Å². The first-order valence-electron chi connectivity index (χ1n) is 4.84. The van der Waals surface area contributed by atoms with Gasteiger partial charge in [-0.3, -0.25) is 4.79 Å². The van der Waals surface area contributed by atoms with Gasteiger partial charge < -0.3 is 15.0 Å². The van der Waals surface area contributed by atoms with Crippen molar-refractivity contribution in [2.24, 2.45) is 7.05 Å². The van der Waals surface area contributed by atoms with Crippen LogP contribution >= 0.6 is 11.6 Å². The molecule has 0 atom stereocenters. The van der Waals surface area contributed by atoms with Crippen LogP contribution in [0.1, 0.15) is 10.5 Å². The van der Waals surface area contributed by atoms with Crippen molar-refractivity contribution in [1.29, 1.82) is 0 Å². The zero-order chi connectivity index (χ0) is 12.4. The summed E-state index contributed by atoms with van der Waals surface area (Å²) < 4.78 is 1.61. The fourth-order valence-electron chi connectivity index (χ4n) is 1.36. The second-order valence-electron chi connectivity index (χ2n) is 3.51. The van der Waals surface area contributed by atoms with Gasteiger partial charge in [0.15, 0.2) is 0 Å². The van der Waals surface area contributed by atoms with Gasteiger partial charge in [0.05, 0.1) is 17.5 Å². The van der Waals surface area contributed by atoms with Crippen LogP contribution in [0.4, 0.5) is 5.69 Å². The highest BCUT2D eigenvalue weighted by Gasteiger charge is 2.10. The molecule has 1 aromatic heterocycles. The van der Waals surface area contributed by atoms with E-state index in [1.54, 1.807) is 24.0 Å². The van der Waals surface area contributed by atoms with Gasteiger partial charge in [0.25, 0.3) is 5.91 Å². The lowest BCUT2D eigenvalue weighted by atomic mass is 10.3. The van der Waals surface area contributed by atoms with Crippen molar-refractivity contribution in [3.63, 3.8) is 0 Å². The van der Waals surface area contributed by atoms with Crippen LogP contribution in [-0.2, 0) is 7.05 Å². The van der Waals surface area contributed by atoms with Crippen LogP contribution in [-0.4, -0.2) is 20.6 Å². The highest BCUT2D eigenvalue weighted by Crippen LogP contribution is 2.26. The molecule has 2 N–H and O–H groups in total. The van der Waals surface area contributed by atoms with Gasteiger partial charge in [-0.15, -0.1) is 0 Å². The molecule has 0 fully saturated rings. The Balaban J connectivity index is 2.19. The van der Waals surface area contributed by atoms with Gasteiger partial charge in [0, 0.05) is 12.7 Å². The van der Waals surface area contributed by atoms with Gasteiger partial charge in [-0.25, -0.2) is 4.98 Å².